The number of amides is 1. The summed E-state index contributed by atoms with van der Waals surface area (Å²) < 4.78 is 4.85. The average Bonchev–Trinajstić information content (AvgIpc) is 2.21. The Morgan fingerprint density at radius 1 is 1.50 bits per heavy atom. The predicted molar refractivity (Wildman–Crippen MR) is 58.2 cm³/mol. The van der Waals surface area contributed by atoms with Crippen molar-refractivity contribution in [2.24, 2.45) is 5.92 Å². The number of carbonyl (C=O) groups excluding carboxylic acids is 1. The molecule has 1 N–H and O–H groups in total. The molecule has 0 saturated carbocycles. The van der Waals surface area contributed by atoms with Gasteiger partial charge in [-0.2, -0.15) is 0 Å². The number of hydrogen-bond acceptors (Lipinski definition) is 2. The summed E-state index contributed by atoms with van der Waals surface area (Å²) >= 11 is 0. The fourth-order valence-corrected chi connectivity index (χ4v) is 1.26. The Hall–Kier alpha value is -0.990. The summed E-state index contributed by atoms with van der Waals surface area (Å²) in [6, 6.07) is 0.206. The lowest BCUT2D eigenvalue weighted by atomic mass is 9.97. The molecule has 0 aliphatic carbocycles. The first-order valence-corrected chi connectivity index (χ1v) is 5.19. The first-order chi connectivity index (χ1) is 6.65. The lowest BCUT2D eigenvalue weighted by Crippen LogP contribution is -2.39. The topological polar surface area (TPSA) is 38.3 Å². The van der Waals surface area contributed by atoms with Crippen LogP contribution in [0.2, 0.25) is 0 Å². The second kappa shape index (κ2) is 7.42. The van der Waals surface area contributed by atoms with Crippen LogP contribution in [0.5, 0.6) is 0 Å². The normalized spacial score (nSPS) is 14.2. The fraction of sp³-hybridized carbons (Fsp3) is 0.727. The molecule has 0 spiro atoms. The molecule has 0 bridgehead atoms. The third-order valence-electron chi connectivity index (χ3n) is 2.41. The van der Waals surface area contributed by atoms with Crippen LogP contribution >= 0.6 is 0 Å². The van der Waals surface area contributed by atoms with Gasteiger partial charge in [-0.25, -0.2) is 4.79 Å². The van der Waals surface area contributed by atoms with Gasteiger partial charge in [0, 0.05) is 6.04 Å². The third kappa shape index (κ3) is 4.90. The van der Waals surface area contributed by atoms with E-state index in [4.69, 9.17) is 4.74 Å². The standard InChI is InChI=1S/C11H21NO2/c1-5-8-14-11(13)12-10(7-3)9(4)6-2/h5,9-10H,1,6-8H2,2-4H3,(H,12,13)/t9-,10+/m1/s1. The number of hydrogen-bond donors (Lipinski definition) is 1. The molecule has 0 radical (unpaired) electrons. The first kappa shape index (κ1) is 13.0. The molecular formula is C11H21NO2. The monoisotopic (exact) mass is 199 g/mol. The molecule has 82 valence electrons. The number of nitrogens with one attached hydrogen (secondary N) is 1. The smallest absolute Gasteiger partial charge is 0.407 e. The van der Waals surface area contributed by atoms with Crippen LogP contribution in [0.15, 0.2) is 12.7 Å². The average molecular weight is 199 g/mol. The minimum Gasteiger partial charge on any atom is -0.445 e. The summed E-state index contributed by atoms with van der Waals surface area (Å²) in [6.07, 6.45) is 3.19. The van der Waals surface area contributed by atoms with Crippen molar-refractivity contribution in [1.29, 1.82) is 0 Å². The first-order valence-electron chi connectivity index (χ1n) is 5.19. The van der Waals surface area contributed by atoms with Crippen molar-refractivity contribution >= 4 is 6.09 Å². The number of rotatable bonds is 6. The van der Waals surface area contributed by atoms with Crippen LogP contribution in [0.1, 0.15) is 33.6 Å². The molecule has 0 unspecified atom stereocenters. The van der Waals surface area contributed by atoms with Crippen LogP contribution in [0.25, 0.3) is 0 Å². The third-order valence-corrected chi connectivity index (χ3v) is 2.41. The van der Waals surface area contributed by atoms with E-state index in [9.17, 15) is 4.79 Å². The lowest BCUT2D eigenvalue weighted by molar-refractivity contribution is 0.149. The minimum absolute atomic E-state index is 0.206. The van der Waals surface area contributed by atoms with E-state index in [1.54, 1.807) is 6.08 Å². The van der Waals surface area contributed by atoms with Crippen LogP contribution in [-0.4, -0.2) is 18.7 Å². The van der Waals surface area contributed by atoms with E-state index in [0.29, 0.717) is 5.92 Å². The van der Waals surface area contributed by atoms with Gasteiger partial charge in [-0.3, -0.25) is 0 Å². The molecule has 0 aromatic heterocycles. The number of ether oxygens (including phenoxy) is 1. The van der Waals surface area contributed by atoms with E-state index < -0.39 is 0 Å². The van der Waals surface area contributed by atoms with Gasteiger partial charge in [-0.05, 0) is 12.3 Å². The zero-order valence-corrected chi connectivity index (χ0v) is 9.38. The summed E-state index contributed by atoms with van der Waals surface area (Å²) in [4.78, 5) is 11.2. The molecule has 0 aliphatic heterocycles. The molecule has 0 rings (SSSR count). The molecule has 3 heteroatoms. The lowest BCUT2D eigenvalue weighted by Gasteiger charge is -2.22. The Bertz CT molecular complexity index is 180. The SMILES string of the molecule is C=CCOC(=O)N[C@@H](CC)[C@H](C)CC. The predicted octanol–water partition coefficient (Wildman–Crippen LogP) is 2.72. The number of carbonyl (C=O) groups is 1. The van der Waals surface area contributed by atoms with Crippen LogP contribution in [0.3, 0.4) is 0 Å². The van der Waals surface area contributed by atoms with Gasteiger partial charge in [0.05, 0.1) is 0 Å². The van der Waals surface area contributed by atoms with Crippen LogP contribution in [0, 0.1) is 5.92 Å². The maximum Gasteiger partial charge on any atom is 0.407 e. The van der Waals surface area contributed by atoms with Gasteiger partial charge >= 0.3 is 6.09 Å². The highest BCUT2D eigenvalue weighted by Gasteiger charge is 2.16. The molecule has 0 fully saturated rings. The van der Waals surface area contributed by atoms with Gasteiger partial charge in [0.25, 0.3) is 0 Å². The Morgan fingerprint density at radius 3 is 2.57 bits per heavy atom. The highest BCUT2D eigenvalue weighted by atomic mass is 16.5. The van der Waals surface area contributed by atoms with Crippen molar-refractivity contribution in [2.75, 3.05) is 6.61 Å². The zero-order valence-electron chi connectivity index (χ0n) is 9.38. The zero-order chi connectivity index (χ0) is 11.0. The van der Waals surface area contributed by atoms with Crippen LogP contribution < -0.4 is 5.32 Å². The van der Waals surface area contributed by atoms with Crippen molar-refractivity contribution in [1.82, 2.24) is 5.32 Å². The van der Waals surface area contributed by atoms with Crippen molar-refractivity contribution in [2.45, 2.75) is 39.7 Å². The largest absolute Gasteiger partial charge is 0.445 e. The van der Waals surface area contributed by atoms with Gasteiger partial charge in [0.15, 0.2) is 0 Å². The van der Waals surface area contributed by atoms with Crippen molar-refractivity contribution in [3.8, 4) is 0 Å². The molecule has 1 amide bonds. The van der Waals surface area contributed by atoms with E-state index in [1.165, 1.54) is 0 Å². The maximum atomic E-state index is 11.2. The molecule has 0 saturated heterocycles. The quantitative estimate of drug-likeness (QED) is 0.668. The molecule has 2 atom stereocenters. The van der Waals surface area contributed by atoms with E-state index >= 15 is 0 Å². The molecule has 0 aromatic carbocycles. The Balaban J connectivity index is 3.91. The van der Waals surface area contributed by atoms with E-state index in [0.717, 1.165) is 12.8 Å². The van der Waals surface area contributed by atoms with E-state index in [2.05, 4.69) is 32.7 Å². The molecule has 14 heavy (non-hydrogen) atoms. The second-order valence-corrected chi connectivity index (χ2v) is 3.43. The molecule has 0 aliphatic rings. The Labute approximate surface area is 86.5 Å². The Kier molecular flexibility index (Phi) is 6.89. The summed E-state index contributed by atoms with van der Waals surface area (Å²) in [5.41, 5.74) is 0. The highest BCUT2D eigenvalue weighted by Crippen LogP contribution is 2.10. The molecule has 0 aromatic rings. The van der Waals surface area contributed by atoms with Crippen molar-refractivity contribution in [3.05, 3.63) is 12.7 Å². The number of alkyl carbamates (subject to hydrolysis) is 1. The van der Waals surface area contributed by atoms with Crippen molar-refractivity contribution < 1.29 is 9.53 Å². The highest BCUT2D eigenvalue weighted by molar-refractivity contribution is 5.67. The van der Waals surface area contributed by atoms with Gasteiger partial charge in [0.1, 0.15) is 6.61 Å². The van der Waals surface area contributed by atoms with Crippen molar-refractivity contribution in [3.63, 3.8) is 0 Å². The summed E-state index contributed by atoms with van der Waals surface area (Å²) in [5.74, 6) is 0.483. The Morgan fingerprint density at radius 2 is 2.14 bits per heavy atom. The summed E-state index contributed by atoms with van der Waals surface area (Å²) in [7, 11) is 0. The van der Waals surface area contributed by atoms with Crippen LogP contribution in [0.4, 0.5) is 4.79 Å². The van der Waals surface area contributed by atoms with Gasteiger partial charge in [0.2, 0.25) is 0 Å². The van der Waals surface area contributed by atoms with Crippen LogP contribution in [-0.2, 0) is 4.74 Å². The van der Waals surface area contributed by atoms with Gasteiger partial charge in [-0.15, -0.1) is 0 Å². The summed E-state index contributed by atoms with van der Waals surface area (Å²) in [6.45, 7) is 10.0. The van der Waals surface area contributed by atoms with E-state index in [1.807, 2.05) is 0 Å². The molecule has 0 heterocycles. The maximum absolute atomic E-state index is 11.2. The molecule has 3 nitrogen and oxygen atoms in total. The molecular weight excluding hydrogens is 178 g/mol. The fourth-order valence-electron chi connectivity index (χ4n) is 1.26. The van der Waals surface area contributed by atoms with E-state index in [-0.39, 0.29) is 18.7 Å². The minimum atomic E-state index is -0.350. The van der Waals surface area contributed by atoms with Gasteiger partial charge < -0.3 is 10.1 Å². The summed E-state index contributed by atoms with van der Waals surface area (Å²) in [5, 5.41) is 2.84. The van der Waals surface area contributed by atoms with Gasteiger partial charge in [-0.1, -0.05) is 39.8 Å². The second-order valence-electron chi connectivity index (χ2n) is 3.43.